The molecule has 5 N–H and O–H groups in total. The van der Waals surface area contributed by atoms with Crippen LogP contribution in [0, 0.1) is 6.92 Å². The molecule has 0 atom stereocenters. The Morgan fingerprint density at radius 2 is 1.60 bits per heavy atom. The van der Waals surface area contributed by atoms with E-state index >= 15 is 0 Å². The van der Waals surface area contributed by atoms with Crippen LogP contribution in [0.3, 0.4) is 0 Å². The number of aryl methyl sites for hydroxylation is 1. The number of aromatic hydroxyl groups is 1. The predicted octanol–water partition coefficient (Wildman–Crippen LogP) is 2.08. The lowest BCUT2D eigenvalue weighted by molar-refractivity contribution is 0.0824. The van der Waals surface area contributed by atoms with Crippen molar-refractivity contribution in [1.29, 1.82) is 0 Å². The Kier molecular flexibility index (Phi) is 5.38. The average Bonchev–Trinajstić information content (AvgIpc) is 2.58. The van der Waals surface area contributed by atoms with Gasteiger partial charge in [-0.15, -0.1) is 0 Å². The number of nitrogens with two attached hydrogens (primary N) is 2. The number of phenols is 1. The number of nitrogens with zero attached hydrogens (tertiary/aromatic N) is 3. The zero-order chi connectivity index (χ0) is 18.6. The van der Waals surface area contributed by atoms with Crippen LogP contribution in [0.25, 0.3) is 0 Å². The van der Waals surface area contributed by atoms with Crippen LogP contribution >= 0.6 is 0 Å². The van der Waals surface area contributed by atoms with E-state index in [1.807, 2.05) is 18.2 Å². The van der Waals surface area contributed by atoms with Crippen LogP contribution in [0.1, 0.15) is 15.9 Å². The van der Waals surface area contributed by atoms with Gasteiger partial charge in [0.05, 0.1) is 11.3 Å². The second kappa shape index (κ2) is 7.48. The topological polar surface area (TPSA) is 117 Å². The third kappa shape index (κ3) is 4.14. The number of benzene rings is 2. The van der Waals surface area contributed by atoms with Gasteiger partial charge in [-0.25, -0.2) is 9.98 Å². The summed E-state index contributed by atoms with van der Waals surface area (Å²) in [7, 11) is 3.21. The molecule has 1 amide bonds. The summed E-state index contributed by atoms with van der Waals surface area (Å²) >= 11 is 0. The molecule has 2 aromatic rings. The molecular weight excluding hydrogens is 318 g/mol. The molecule has 0 bridgehead atoms. The van der Waals surface area contributed by atoms with E-state index in [1.54, 1.807) is 45.3 Å². The number of amides is 1. The fourth-order valence-corrected chi connectivity index (χ4v) is 2.15. The number of rotatable bonds is 3. The third-order valence-electron chi connectivity index (χ3n) is 3.49. The summed E-state index contributed by atoms with van der Waals surface area (Å²) in [6.45, 7) is 1.73. The number of carbonyl (C=O) groups is 1. The monoisotopic (exact) mass is 339 g/mol. The predicted molar refractivity (Wildman–Crippen MR) is 99.9 cm³/mol. The minimum Gasteiger partial charge on any atom is -0.505 e. The van der Waals surface area contributed by atoms with Gasteiger partial charge in [-0.1, -0.05) is 24.3 Å². The smallest absolute Gasteiger partial charge is 0.257 e. The van der Waals surface area contributed by atoms with Crippen molar-refractivity contribution in [3.05, 3.63) is 53.6 Å². The van der Waals surface area contributed by atoms with Gasteiger partial charge in [-0.05, 0) is 30.7 Å². The van der Waals surface area contributed by atoms with Gasteiger partial charge in [0.1, 0.15) is 5.69 Å². The van der Waals surface area contributed by atoms with Gasteiger partial charge in [-0.2, -0.15) is 0 Å². The van der Waals surface area contributed by atoms with Gasteiger partial charge in [0.15, 0.2) is 17.4 Å². The normalized spacial score (nSPS) is 12.1. The van der Waals surface area contributed by atoms with Crippen molar-refractivity contribution < 1.29 is 9.90 Å². The van der Waals surface area contributed by atoms with Gasteiger partial charge in [0.2, 0.25) is 0 Å². The highest BCUT2D eigenvalue weighted by Crippen LogP contribution is 2.33. The number of carbonyl (C=O) groups excluding carboxylic acids is 1. The molecule has 0 fully saturated rings. The highest BCUT2D eigenvalue weighted by atomic mass is 16.3. The van der Waals surface area contributed by atoms with Crippen molar-refractivity contribution in [2.24, 2.45) is 21.5 Å². The fourth-order valence-electron chi connectivity index (χ4n) is 2.15. The number of hydrogen-bond acceptors (Lipinski definition) is 4. The summed E-state index contributed by atoms with van der Waals surface area (Å²) in [6, 6.07) is 12.3. The Morgan fingerprint density at radius 1 is 1.00 bits per heavy atom. The van der Waals surface area contributed by atoms with E-state index < -0.39 is 0 Å². The lowest BCUT2D eigenvalue weighted by atomic mass is 10.1. The van der Waals surface area contributed by atoms with E-state index in [0.717, 1.165) is 0 Å². The first-order chi connectivity index (χ1) is 11.8. The molecule has 2 rings (SSSR count). The quantitative estimate of drug-likeness (QED) is 0.586. The van der Waals surface area contributed by atoms with Crippen LogP contribution in [0.5, 0.6) is 5.75 Å². The molecule has 0 heterocycles. The number of para-hydroxylation sites is 1. The van der Waals surface area contributed by atoms with E-state index in [0.29, 0.717) is 11.3 Å². The zero-order valence-electron chi connectivity index (χ0n) is 14.4. The molecule has 0 aliphatic carbocycles. The lowest BCUT2D eigenvalue weighted by Crippen LogP contribution is -2.30. The number of aliphatic imine (C=N–C) groups is 2. The highest BCUT2D eigenvalue weighted by Gasteiger charge is 2.19. The molecule has 0 aliphatic heterocycles. The van der Waals surface area contributed by atoms with Crippen LogP contribution in [0.4, 0.5) is 11.4 Å². The molecule has 0 radical (unpaired) electrons. The standard InChI is InChI=1S/C18H21N5O2/c1-11-9-10-13(15(24)14(11)18(25)23(2)3)22-17(20)16(19)21-12-7-5-4-6-8-12/h4-10,24H,1-3H3,(H2,19,21)(H2,20,22). The van der Waals surface area contributed by atoms with Crippen LogP contribution in [-0.4, -0.2) is 41.7 Å². The largest absolute Gasteiger partial charge is 0.505 e. The second-order valence-electron chi connectivity index (χ2n) is 5.65. The van der Waals surface area contributed by atoms with Gasteiger partial charge >= 0.3 is 0 Å². The van der Waals surface area contributed by atoms with Crippen molar-refractivity contribution in [1.82, 2.24) is 4.90 Å². The first-order valence-corrected chi connectivity index (χ1v) is 7.59. The molecule has 2 aromatic carbocycles. The van der Waals surface area contributed by atoms with Crippen LogP contribution in [-0.2, 0) is 0 Å². The highest BCUT2D eigenvalue weighted by molar-refractivity contribution is 6.40. The van der Waals surface area contributed by atoms with Crippen molar-refractivity contribution in [3.8, 4) is 5.75 Å². The molecule has 0 unspecified atom stereocenters. The first kappa shape index (κ1) is 18.0. The van der Waals surface area contributed by atoms with Crippen molar-refractivity contribution in [3.63, 3.8) is 0 Å². The summed E-state index contributed by atoms with van der Waals surface area (Å²) in [5, 5.41) is 10.4. The third-order valence-corrected chi connectivity index (χ3v) is 3.49. The van der Waals surface area contributed by atoms with Gasteiger partial charge in [0.25, 0.3) is 5.91 Å². The zero-order valence-corrected chi connectivity index (χ0v) is 14.4. The summed E-state index contributed by atoms with van der Waals surface area (Å²) in [5.74, 6) is -0.594. The maximum atomic E-state index is 12.2. The van der Waals surface area contributed by atoms with Crippen molar-refractivity contribution >= 4 is 29.0 Å². The van der Waals surface area contributed by atoms with E-state index in [-0.39, 0.29) is 34.6 Å². The van der Waals surface area contributed by atoms with Crippen LogP contribution in [0.2, 0.25) is 0 Å². The Morgan fingerprint density at radius 3 is 2.20 bits per heavy atom. The molecule has 7 nitrogen and oxygen atoms in total. The van der Waals surface area contributed by atoms with E-state index in [9.17, 15) is 9.90 Å². The maximum absolute atomic E-state index is 12.2. The number of phenolic OH excluding ortho intramolecular Hbond substituents is 1. The van der Waals surface area contributed by atoms with Crippen molar-refractivity contribution in [2.45, 2.75) is 6.92 Å². The molecule has 0 saturated carbocycles. The molecule has 25 heavy (non-hydrogen) atoms. The minimum atomic E-state index is -0.323. The summed E-state index contributed by atoms with van der Waals surface area (Å²) in [4.78, 5) is 21.9. The van der Waals surface area contributed by atoms with E-state index in [4.69, 9.17) is 11.5 Å². The molecule has 0 spiro atoms. The van der Waals surface area contributed by atoms with Gasteiger partial charge in [-0.3, -0.25) is 4.79 Å². The number of hydrogen-bond donors (Lipinski definition) is 3. The fraction of sp³-hybridized carbons (Fsp3) is 0.167. The molecule has 0 aliphatic rings. The summed E-state index contributed by atoms with van der Waals surface area (Å²) < 4.78 is 0. The van der Waals surface area contributed by atoms with Crippen LogP contribution < -0.4 is 11.5 Å². The van der Waals surface area contributed by atoms with Gasteiger partial charge < -0.3 is 21.5 Å². The van der Waals surface area contributed by atoms with E-state index in [1.165, 1.54) is 4.90 Å². The van der Waals surface area contributed by atoms with Gasteiger partial charge in [0, 0.05) is 14.1 Å². The Balaban J connectivity index is 2.42. The Labute approximate surface area is 146 Å². The lowest BCUT2D eigenvalue weighted by Gasteiger charge is -2.15. The van der Waals surface area contributed by atoms with Crippen molar-refractivity contribution in [2.75, 3.05) is 14.1 Å². The number of amidine groups is 2. The summed E-state index contributed by atoms with van der Waals surface area (Å²) in [5.41, 5.74) is 13.3. The molecular formula is C18H21N5O2. The maximum Gasteiger partial charge on any atom is 0.257 e. The molecule has 7 heteroatoms. The SMILES string of the molecule is Cc1ccc(N=C(N)C(N)=Nc2ccccc2)c(O)c1C(=O)N(C)C. The Hall–Kier alpha value is -3.35. The summed E-state index contributed by atoms with van der Waals surface area (Å²) in [6.07, 6.45) is 0. The molecule has 0 saturated heterocycles. The molecule has 0 aromatic heterocycles. The average molecular weight is 339 g/mol. The van der Waals surface area contributed by atoms with Crippen LogP contribution in [0.15, 0.2) is 52.4 Å². The minimum absolute atomic E-state index is 0.0201. The Bertz CT molecular complexity index is 842. The van der Waals surface area contributed by atoms with E-state index in [2.05, 4.69) is 9.98 Å². The molecule has 130 valence electrons. The first-order valence-electron chi connectivity index (χ1n) is 7.59. The second-order valence-corrected chi connectivity index (χ2v) is 5.65.